The Balaban J connectivity index is 1.61. The second-order valence-electron chi connectivity index (χ2n) is 6.80. The van der Waals surface area contributed by atoms with Crippen LogP contribution in [0, 0.1) is 0 Å². The average Bonchev–Trinajstić information content (AvgIpc) is 2.80. The van der Waals surface area contributed by atoms with Crippen LogP contribution in [-0.4, -0.2) is 23.5 Å². The van der Waals surface area contributed by atoms with E-state index in [1.807, 2.05) is 0 Å². The summed E-state index contributed by atoms with van der Waals surface area (Å²) >= 11 is 5.96. The first kappa shape index (κ1) is 20.4. The minimum atomic E-state index is -0.567. The van der Waals surface area contributed by atoms with Crippen LogP contribution in [0.1, 0.15) is 10.4 Å². The fourth-order valence-corrected chi connectivity index (χ4v) is 3.65. The molecule has 2 N–H and O–H groups in total. The van der Waals surface area contributed by atoms with Crippen LogP contribution in [0.2, 0.25) is 5.02 Å². The Morgan fingerprint density at radius 2 is 1.55 bits per heavy atom. The molecule has 1 heterocycles. The number of fused-ring (bicyclic) bond motifs is 2. The lowest BCUT2D eigenvalue weighted by atomic mass is 10.1. The summed E-state index contributed by atoms with van der Waals surface area (Å²) in [6.45, 7) is -0.103. The third kappa shape index (κ3) is 3.95. The summed E-state index contributed by atoms with van der Waals surface area (Å²) in [5.41, 5.74) is 6.14. The number of benzene rings is 3. The van der Waals surface area contributed by atoms with Gasteiger partial charge in [0.1, 0.15) is 12.3 Å². The van der Waals surface area contributed by atoms with Crippen LogP contribution in [0.15, 0.2) is 71.5 Å². The quantitative estimate of drug-likeness (QED) is 0.380. The van der Waals surface area contributed by atoms with Crippen molar-refractivity contribution in [2.75, 3.05) is 7.11 Å². The number of rotatable bonds is 4. The number of halogens is 1. The molecule has 0 aliphatic carbocycles. The zero-order valence-electron chi connectivity index (χ0n) is 16.5. The van der Waals surface area contributed by atoms with Gasteiger partial charge in [0, 0.05) is 15.8 Å². The van der Waals surface area contributed by atoms with Crippen LogP contribution in [0.25, 0.3) is 21.8 Å². The number of amides is 2. The number of carbonyl (C=O) groups excluding carboxylic acids is 2. The first-order valence-corrected chi connectivity index (χ1v) is 9.80. The molecule has 0 fully saturated rings. The molecule has 7 nitrogen and oxygen atoms in total. The van der Waals surface area contributed by atoms with E-state index in [2.05, 4.69) is 10.9 Å². The number of hydrogen-bond acceptors (Lipinski definition) is 4. The molecule has 4 rings (SSSR count). The van der Waals surface area contributed by atoms with Crippen LogP contribution < -0.4 is 21.0 Å². The summed E-state index contributed by atoms with van der Waals surface area (Å²) in [5.74, 6) is -0.704. The molecular weight excluding hydrogens is 418 g/mol. The molecule has 0 aliphatic rings. The highest BCUT2D eigenvalue weighted by Crippen LogP contribution is 2.22. The number of carbonyl (C=O) groups is 2. The monoisotopic (exact) mass is 435 g/mol. The number of methoxy groups -OCH3 is 1. The van der Waals surface area contributed by atoms with E-state index in [-0.39, 0.29) is 17.5 Å². The fourth-order valence-electron chi connectivity index (χ4n) is 3.48. The van der Waals surface area contributed by atoms with E-state index in [4.69, 9.17) is 16.3 Å². The summed E-state index contributed by atoms with van der Waals surface area (Å²) in [6, 6.07) is 18.8. The fraction of sp³-hybridized carbons (Fsp3) is 0.0870. The second kappa shape index (κ2) is 8.49. The SMILES string of the molecule is COc1ccc(Cl)cc1C(=O)NNC(=O)Cn1c2ccccc2c(=O)c2ccccc21. The molecule has 156 valence electrons. The van der Waals surface area contributed by atoms with Crippen molar-refractivity contribution in [3.63, 3.8) is 0 Å². The summed E-state index contributed by atoms with van der Waals surface area (Å²) in [6.07, 6.45) is 0. The van der Waals surface area contributed by atoms with Crippen molar-refractivity contribution in [2.24, 2.45) is 0 Å². The topological polar surface area (TPSA) is 89.4 Å². The molecule has 3 aromatic carbocycles. The Hall–Kier alpha value is -3.84. The van der Waals surface area contributed by atoms with E-state index in [1.165, 1.54) is 13.2 Å². The van der Waals surface area contributed by atoms with E-state index >= 15 is 0 Å². The Kier molecular flexibility index (Phi) is 5.60. The number of nitrogens with one attached hydrogen (secondary N) is 2. The van der Waals surface area contributed by atoms with Gasteiger partial charge < -0.3 is 9.30 Å². The van der Waals surface area contributed by atoms with Gasteiger partial charge in [0.15, 0.2) is 5.43 Å². The number of ether oxygens (including phenoxy) is 1. The predicted molar refractivity (Wildman–Crippen MR) is 119 cm³/mol. The lowest BCUT2D eigenvalue weighted by Crippen LogP contribution is -2.43. The zero-order chi connectivity index (χ0) is 22.0. The predicted octanol–water partition coefficient (Wildman–Crippen LogP) is 3.28. The van der Waals surface area contributed by atoms with E-state index in [0.717, 1.165) is 0 Å². The average molecular weight is 436 g/mol. The molecular formula is C23H18ClN3O4. The second-order valence-corrected chi connectivity index (χ2v) is 7.23. The van der Waals surface area contributed by atoms with Crippen molar-refractivity contribution in [3.8, 4) is 5.75 Å². The molecule has 2 amide bonds. The zero-order valence-corrected chi connectivity index (χ0v) is 17.3. The van der Waals surface area contributed by atoms with Crippen LogP contribution in [-0.2, 0) is 11.3 Å². The van der Waals surface area contributed by atoms with Gasteiger partial charge in [-0.25, -0.2) is 0 Å². The Morgan fingerprint density at radius 3 is 2.16 bits per heavy atom. The third-order valence-electron chi connectivity index (χ3n) is 4.90. The Labute approximate surface area is 182 Å². The van der Waals surface area contributed by atoms with Crippen LogP contribution >= 0.6 is 11.6 Å². The van der Waals surface area contributed by atoms with Gasteiger partial charge in [-0.05, 0) is 42.5 Å². The third-order valence-corrected chi connectivity index (χ3v) is 5.14. The van der Waals surface area contributed by atoms with E-state index in [9.17, 15) is 14.4 Å². The molecule has 1 aromatic heterocycles. The van der Waals surface area contributed by atoms with Crippen molar-refractivity contribution in [1.29, 1.82) is 0 Å². The Bertz CT molecular complexity index is 1320. The van der Waals surface area contributed by atoms with Gasteiger partial charge in [0.2, 0.25) is 0 Å². The maximum atomic E-state index is 12.8. The minimum Gasteiger partial charge on any atom is -0.496 e. The Morgan fingerprint density at radius 1 is 0.935 bits per heavy atom. The number of pyridine rings is 1. The summed E-state index contributed by atoms with van der Waals surface area (Å²) in [7, 11) is 1.44. The molecule has 0 bridgehead atoms. The first-order chi connectivity index (χ1) is 15.0. The normalized spacial score (nSPS) is 10.8. The molecule has 0 unspecified atom stereocenters. The van der Waals surface area contributed by atoms with Gasteiger partial charge >= 0.3 is 0 Å². The minimum absolute atomic E-state index is 0.0933. The van der Waals surface area contributed by atoms with Gasteiger partial charge in [0.05, 0.1) is 23.7 Å². The van der Waals surface area contributed by atoms with Gasteiger partial charge in [-0.15, -0.1) is 0 Å². The highest BCUT2D eigenvalue weighted by molar-refractivity contribution is 6.31. The summed E-state index contributed by atoms with van der Waals surface area (Å²) < 4.78 is 6.91. The van der Waals surface area contributed by atoms with Crippen molar-refractivity contribution in [2.45, 2.75) is 6.54 Å². The molecule has 31 heavy (non-hydrogen) atoms. The van der Waals surface area contributed by atoms with Crippen LogP contribution in [0.5, 0.6) is 5.75 Å². The summed E-state index contributed by atoms with van der Waals surface area (Å²) in [4.78, 5) is 37.9. The van der Waals surface area contributed by atoms with Crippen molar-refractivity contribution < 1.29 is 14.3 Å². The first-order valence-electron chi connectivity index (χ1n) is 9.42. The highest BCUT2D eigenvalue weighted by atomic mass is 35.5. The maximum absolute atomic E-state index is 12.8. The molecule has 0 saturated heterocycles. The maximum Gasteiger partial charge on any atom is 0.273 e. The molecule has 0 atom stereocenters. The highest BCUT2D eigenvalue weighted by Gasteiger charge is 2.16. The smallest absolute Gasteiger partial charge is 0.273 e. The number of nitrogens with zero attached hydrogens (tertiary/aromatic N) is 1. The van der Waals surface area contributed by atoms with Crippen LogP contribution in [0.4, 0.5) is 0 Å². The standard InChI is InChI=1S/C23H18ClN3O4/c1-31-20-11-10-14(24)12-17(20)23(30)26-25-21(28)13-27-18-8-4-2-6-15(18)22(29)16-7-3-5-9-19(16)27/h2-12H,13H2,1H3,(H,25,28)(H,26,30). The molecule has 0 aliphatic heterocycles. The van der Waals surface area contributed by atoms with Crippen molar-refractivity contribution >= 4 is 45.2 Å². The number of para-hydroxylation sites is 2. The van der Waals surface area contributed by atoms with E-state index in [0.29, 0.717) is 32.6 Å². The molecule has 0 spiro atoms. The number of hydrogen-bond donors (Lipinski definition) is 2. The van der Waals surface area contributed by atoms with Crippen molar-refractivity contribution in [3.05, 3.63) is 87.5 Å². The largest absolute Gasteiger partial charge is 0.496 e. The van der Waals surface area contributed by atoms with E-state index < -0.39 is 11.8 Å². The number of aromatic nitrogens is 1. The van der Waals surface area contributed by atoms with Gasteiger partial charge in [-0.2, -0.15) is 0 Å². The number of hydrazine groups is 1. The molecule has 0 saturated carbocycles. The molecule has 0 radical (unpaired) electrons. The molecule has 4 aromatic rings. The van der Waals surface area contributed by atoms with Gasteiger partial charge in [-0.1, -0.05) is 35.9 Å². The van der Waals surface area contributed by atoms with E-state index in [1.54, 1.807) is 65.2 Å². The lowest BCUT2D eigenvalue weighted by molar-refractivity contribution is -0.122. The molecule has 8 heteroatoms. The van der Waals surface area contributed by atoms with Gasteiger partial charge in [-0.3, -0.25) is 25.2 Å². The van der Waals surface area contributed by atoms with Gasteiger partial charge in [0.25, 0.3) is 11.8 Å². The summed E-state index contributed by atoms with van der Waals surface area (Å²) in [5, 5.41) is 1.40. The van der Waals surface area contributed by atoms with Crippen molar-refractivity contribution in [1.82, 2.24) is 15.4 Å². The van der Waals surface area contributed by atoms with Crippen LogP contribution in [0.3, 0.4) is 0 Å². The lowest BCUT2D eigenvalue weighted by Gasteiger charge is -2.15.